The van der Waals surface area contributed by atoms with Crippen LogP contribution in [-0.4, -0.2) is 23.4 Å². The van der Waals surface area contributed by atoms with Gasteiger partial charge in [-0.05, 0) is 45.6 Å². The number of halogens is 1. The number of nitro groups is 1. The van der Waals surface area contributed by atoms with Gasteiger partial charge in [0.2, 0.25) is 0 Å². The van der Waals surface area contributed by atoms with Crippen LogP contribution in [0.3, 0.4) is 0 Å². The van der Waals surface area contributed by atoms with Crippen LogP contribution < -0.4 is 5.32 Å². The van der Waals surface area contributed by atoms with Gasteiger partial charge in [-0.3, -0.25) is 14.9 Å². The van der Waals surface area contributed by atoms with E-state index in [1.54, 1.807) is 12.1 Å². The largest absolute Gasteiger partial charge is 0.452 e. The Labute approximate surface area is 181 Å². The molecule has 8 heteroatoms. The summed E-state index contributed by atoms with van der Waals surface area (Å²) in [6, 6.07) is 20.7. The number of benzene rings is 3. The van der Waals surface area contributed by atoms with Crippen LogP contribution in [0.1, 0.15) is 21.5 Å². The third-order valence-electron chi connectivity index (χ3n) is 4.25. The topological polar surface area (TPSA) is 98.5 Å². The average Bonchev–Trinajstić information content (AvgIpc) is 2.74. The average molecular weight is 469 g/mol. The van der Waals surface area contributed by atoms with Gasteiger partial charge in [0.25, 0.3) is 11.6 Å². The number of nitrogens with zero attached hydrogens (tertiary/aromatic N) is 1. The number of anilines is 1. The van der Waals surface area contributed by atoms with E-state index in [1.807, 2.05) is 42.5 Å². The standard InChI is InChI=1S/C22H17BrN2O5/c23-19-13-17(25(28)29)10-11-20(19)24-21(26)14-30-22(27)18-9-5-4-8-16(18)12-15-6-2-1-3-7-15/h1-11,13H,12,14H2,(H,24,26). The molecule has 0 saturated carbocycles. The number of non-ortho nitro benzene ring substituents is 1. The SMILES string of the molecule is O=C(COC(=O)c1ccccc1Cc1ccccc1)Nc1ccc([N+](=O)[O-])cc1Br. The number of esters is 1. The van der Waals surface area contributed by atoms with Crippen LogP contribution in [0.2, 0.25) is 0 Å². The van der Waals surface area contributed by atoms with Crippen LogP contribution >= 0.6 is 15.9 Å². The van der Waals surface area contributed by atoms with E-state index in [0.717, 1.165) is 11.1 Å². The Balaban J connectivity index is 1.62. The van der Waals surface area contributed by atoms with E-state index in [-0.39, 0.29) is 5.69 Å². The number of hydrogen-bond donors (Lipinski definition) is 1. The summed E-state index contributed by atoms with van der Waals surface area (Å²) in [6.07, 6.45) is 0.564. The second-order valence-corrected chi connectivity index (χ2v) is 7.22. The Morgan fingerprint density at radius 3 is 2.40 bits per heavy atom. The predicted octanol–water partition coefficient (Wildman–Crippen LogP) is 4.74. The van der Waals surface area contributed by atoms with Gasteiger partial charge >= 0.3 is 5.97 Å². The molecule has 7 nitrogen and oxygen atoms in total. The second kappa shape index (κ2) is 9.80. The van der Waals surface area contributed by atoms with Crippen molar-refractivity contribution in [3.63, 3.8) is 0 Å². The third kappa shape index (κ3) is 5.51. The predicted molar refractivity (Wildman–Crippen MR) is 115 cm³/mol. The van der Waals surface area contributed by atoms with E-state index < -0.39 is 23.4 Å². The minimum atomic E-state index is -0.598. The highest BCUT2D eigenvalue weighted by atomic mass is 79.9. The second-order valence-electron chi connectivity index (χ2n) is 6.37. The summed E-state index contributed by atoms with van der Waals surface area (Å²) < 4.78 is 5.52. The minimum Gasteiger partial charge on any atom is -0.452 e. The molecular formula is C22H17BrN2O5. The van der Waals surface area contributed by atoms with E-state index in [9.17, 15) is 19.7 Å². The molecule has 0 spiro atoms. The Morgan fingerprint density at radius 1 is 1.00 bits per heavy atom. The molecule has 0 aromatic heterocycles. The quantitative estimate of drug-likeness (QED) is 0.306. The molecule has 0 bridgehead atoms. The molecule has 1 amide bonds. The Bertz CT molecular complexity index is 1090. The lowest BCUT2D eigenvalue weighted by atomic mass is 10.00. The van der Waals surface area contributed by atoms with Gasteiger partial charge < -0.3 is 10.1 Å². The molecule has 0 atom stereocenters. The molecule has 0 aliphatic carbocycles. The van der Waals surface area contributed by atoms with Gasteiger partial charge in [0.1, 0.15) is 0 Å². The van der Waals surface area contributed by atoms with Crippen LogP contribution in [0, 0.1) is 10.1 Å². The summed E-state index contributed by atoms with van der Waals surface area (Å²) in [5, 5.41) is 13.3. The molecule has 3 rings (SSSR count). The highest BCUT2D eigenvalue weighted by Gasteiger charge is 2.16. The van der Waals surface area contributed by atoms with Crippen molar-refractivity contribution in [2.45, 2.75) is 6.42 Å². The summed E-state index contributed by atoms with van der Waals surface area (Å²) in [5.74, 6) is -1.15. The molecule has 0 fully saturated rings. The van der Waals surface area contributed by atoms with Crippen LogP contribution in [-0.2, 0) is 16.0 Å². The Hall–Kier alpha value is -3.52. The molecule has 0 heterocycles. The van der Waals surface area contributed by atoms with Crippen LogP contribution in [0.15, 0.2) is 77.3 Å². The Kier molecular flexibility index (Phi) is 6.92. The molecule has 152 valence electrons. The summed E-state index contributed by atoms with van der Waals surface area (Å²) >= 11 is 3.17. The number of nitrogens with one attached hydrogen (secondary N) is 1. The third-order valence-corrected chi connectivity index (χ3v) is 4.90. The maximum Gasteiger partial charge on any atom is 0.338 e. The first-order chi connectivity index (χ1) is 14.4. The van der Waals surface area contributed by atoms with E-state index in [0.29, 0.717) is 22.1 Å². The van der Waals surface area contributed by atoms with Crippen molar-refractivity contribution in [2.24, 2.45) is 0 Å². The molecule has 30 heavy (non-hydrogen) atoms. The van der Waals surface area contributed by atoms with Crippen molar-refractivity contribution in [3.8, 4) is 0 Å². The molecule has 3 aromatic rings. The molecule has 3 aromatic carbocycles. The first-order valence-corrected chi connectivity index (χ1v) is 9.76. The normalized spacial score (nSPS) is 10.3. The maximum atomic E-state index is 12.5. The number of ether oxygens (including phenoxy) is 1. The van der Waals surface area contributed by atoms with E-state index >= 15 is 0 Å². The van der Waals surface area contributed by atoms with E-state index in [4.69, 9.17) is 4.74 Å². The van der Waals surface area contributed by atoms with Gasteiger partial charge in [0.15, 0.2) is 6.61 Å². The van der Waals surface area contributed by atoms with Crippen LogP contribution in [0.25, 0.3) is 0 Å². The van der Waals surface area contributed by atoms with Gasteiger partial charge in [0.05, 0.1) is 16.2 Å². The highest BCUT2D eigenvalue weighted by molar-refractivity contribution is 9.10. The summed E-state index contributed by atoms with van der Waals surface area (Å²) in [4.78, 5) is 34.9. The molecule has 0 aliphatic heterocycles. The lowest BCUT2D eigenvalue weighted by Crippen LogP contribution is -2.21. The van der Waals surface area contributed by atoms with Gasteiger partial charge in [-0.1, -0.05) is 48.5 Å². The number of nitro benzene ring substituents is 1. The monoisotopic (exact) mass is 468 g/mol. The fraction of sp³-hybridized carbons (Fsp3) is 0.0909. The van der Waals surface area contributed by atoms with Crippen molar-refractivity contribution >= 4 is 39.2 Å². The van der Waals surface area contributed by atoms with Crippen molar-refractivity contribution in [1.29, 1.82) is 0 Å². The number of rotatable bonds is 7. The van der Waals surface area contributed by atoms with Crippen molar-refractivity contribution in [1.82, 2.24) is 0 Å². The van der Waals surface area contributed by atoms with Gasteiger partial charge in [-0.2, -0.15) is 0 Å². The number of hydrogen-bond acceptors (Lipinski definition) is 5. The zero-order valence-electron chi connectivity index (χ0n) is 15.7. The maximum absolute atomic E-state index is 12.5. The molecule has 0 saturated heterocycles. The van der Waals surface area contributed by atoms with Crippen LogP contribution in [0.5, 0.6) is 0 Å². The molecule has 0 aliphatic rings. The summed E-state index contributed by atoms with van der Waals surface area (Å²) in [7, 11) is 0. The zero-order valence-corrected chi connectivity index (χ0v) is 17.3. The van der Waals surface area contributed by atoms with Crippen molar-refractivity contribution in [2.75, 3.05) is 11.9 Å². The molecular weight excluding hydrogens is 452 g/mol. The number of amides is 1. The van der Waals surface area contributed by atoms with Crippen molar-refractivity contribution in [3.05, 3.63) is 104 Å². The minimum absolute atomic E-state index is 0.110. The van der Waals surface area contributed by atoms with Gasteiger partial charge in [-0.25, -0.2) is 4.79 Å². The van der Waals surface area contributed by atoms with Gasteiger partial charge in [0, 0.05) is 16.6 Å². The zero-order chi connectivity index (χ0) is 21.5. The van der Waals surface area contributed by atoms with Crippen LogP contribution in [0.4, 0.5) is 11.4 Å². The summed E-state index contributed by atoms with van der Waals surface area (Å²) in [6.45, 7) is -0.484. The molecule has 0 unspecified atom stereocenters. The fourth-order valence-electron chi connectivity index (χ4n) is 2.80. The number of carbonyl (C=O) groups excluding carboxylic acids is 2. The van der Waals surface area contributed by atoms with Crippen molar-refractivity contribution < 1.29 is 19.2 Å². The first-order valence-electron chi connectivity index (χ1n) is 8.97. The lowest BCUT2D eigenvalue weighted by molar-refractivity contribution is -0.384. The smallest absolute Gasteiger partial charge is 0.338 e. The van der Waals surface area contributed by atoms with E-state index in [2.05, 4.69) is 21.2 Å². The number of carbonyl (C=O) groups is 2. The van der Waals surface area contributed by atoms with Gasteiger partial charge in [-0.15, -0.1) is 0 Å². The summed E-state index contributed by atoms with van der Waals surface area (Å²) in [5.41, 5.74) is 2.48. The highest BCUT2D eigenvalue weighted by Crippen LogP contribution is 2.27. The lowest BCUT2D eigenvalue weighted by Gasteiger charge is -2.11. The first kappa shape index (κ1) is 21.2. The molecule has 0 radical (unpaired) electrons. The Morgan fingerprint density at radius 2 is 1.70 bits per heavy atom. The molecule has 1 N–H and O–H groups in total. The van der Waals surface area contributed by atoms with E-state index in [1.165, 1.54) is 18.2 Å². The fourth-order valence-corrected chi connectivity index (χ4v) is 3.27.